The quantitative estimate of drug-likeness (QED) is 0.880. The van der Waals surface area contributed by atoms with E-state index in [1.54, 1.807) is 7.11 Å². The van der Waals surface area contributed by atoms with Crippen molar-refractivity contribution in [2.24, 2.45) is 5.92 Å². The van der Waals surface area contributed by atoms with Gasteiger partial charge in [-0.25, -0.2) is 0 Å². The van der Waals surface area contributed by atoms with Crippen molar-refractivity contribution in [2.45, 2.75) is 19.1 Å². The Balaban J connectivity index is 2.20. The molecule has 1 aromatic carbocycles. The van der Waals surface area contributed by atoms with E-state index in [4.69, 9.17) is 21.4 Å². The van der Waals surface area contributed by atoms with Gasteiger partial charge in [0.2, 0.25) is 0 Å². The molecular formula is C13H16ClNO3. The monoisotopic (exact) mass is 269 g/mol. The number of halogens is 1. The van der Waals surface area contributed by atoms with Crippen LogP contribution in [0.4, 0.5) is 0 Å². The maximum Gasteiger partial charge on any atom is 0.307 e. The summed E-state index contributed by atoms with van der Waals surface area (Å²) >= 11 is 5.97. The number of methoxy groups -OCH3 is 1. The molecule has 4 nitrogen and oxygen atoms in total. The lowest BCUT2D eigenvalue weighted by molar-refractivity contribution is -0.141. The third kappa shape index (κ3) is 2.83. The van der Waals surface area contributed by atoms with E-state index in [0.717, 1.165) is 11.1 Å². The second-order valence-corrected chi connectivity index (χ2v) is 4.94. The summed E-state index contributed by atoms with van der Waals surface area (Å²) in [5, 5.41) is 12.9. The molecule has 0 spiro atoms. The number of aliphatic carboxylic acids is 1. The molecule has 98 valence electrons. The van der Waals surface area contributed by atoms with Crippen molar-refractivity contribution >= 4 is 17.6 Å². The van der Waals surface area contributed by atoms with E-state index < -0.39 is 5.97 Å². The number of nitrogens with one attached hydrogen (secondary N) is 1. The first-order valence-corrected chi connectivity index (χ1v) is 6.23. The van der Waals surface area contributed by atoms with Crippen molar-refractivity contribution < 1.29 is 14.6 Å². The average molecular weight is 270 g/mol. The Hall–Kier alpha value is -1.10. The summed E-state index contributed by atoms with van der Waals surface area (Å²) in [6.07, 6.45) is 0.605. The Morgan fingerprint density at radius 1 is 1.61 bits per heavy atom. The highest BCUT2D eigenvalue weighted by molar-refractivity contribution is 6.30. The van der Waals surface area contributed by atoms with E-state index in [1.165, 1.54) is 0 Å². The molecule has 1 heterocycles. The highest BCUT2D eigenvalue weighted by atomic mass is 35.5. The molecule has 0 radical (unpaired) electrons. The third-order valence-corrected chi connectivity index (χ3v) is 3.50. The van der Waals surface area contributed by atoms with Crippen LogP contribution in [0, 0.1) is 5.92 Å². The summed E-state index contributed by atoms with van der Waals surface area (Å²) in [7, 11) is 1.63. The van der Waals surface area contributed by atoms with Crippen LogP contribution in [-0.4, -0.2) is 24.7 Å². The van der Waals surface area contributed by atoms with Crippen molar-refractivity contribution in [3.63, 3.8) is 0 Å². The molecule has 5 heteroatoms. The van der Waals surface area contributed by atoms with Gasteiger partial charge in [0, 0.05) is 24.7 Å². The van der Waals surface area contributed by atoms with E-state index >= 15 is 0 Å². The Kier molecular flexibility index (Phi) is 4.22. The zero-order valence-electron chi connectivity index (χ0n) is 10.1. The second kappa shape index (κ2) is 5.69. The van der Waals surface area contributed by atoms with Gasteiger partial charge in [-0.1, -0.05) is 17.7 Å². The van der Waals surface area contributed by atoms with E-state index in [0.29, 0.717) is 24.6 Å². The Labute approximate surface area is 111 Å². The summed E-state index contributed by atoms with van der Waals surface area (Å²) in [6.45, 7) is 0.987. The summed E-state index contributed by atoms with van der Waals surface area (Å²) in [6, 6.07) is 5.70. The van der Waals surface area contributed by atoms with Crippen molar-refractivity contribution in [3.05, 3.63) is 34.3 Å². The molecule has 0 bridgehead atoms. The van der Waals surface area contributed by atoms with Crippen LogP contribution >= 0.6 is 11.6 Å². The highest BCUT2D eigenvalue weighted by Crippen LogP contribution is 2.31. The molecule has 1 aliphatic heterocycles. The lowest BCUT2D eigenvalue weighted by Crippen LogP contribution is -2.17. The summed E-state index contributed by atoms with van der Waals surface area (Å²) in [4.78, 5) is 11.0. The minimum atomic E-state index is -0.743. The van der Waals surface area contributed by atoms with Crippen LogP contribution in [0.5, 0.6) is 0 Å². The number of carboxylic acid groups (broad SMARTS) is 1. The number of carbonyl (C=O) groups is 1. The highest BCUT2D eigenvalue weighted by Gasteiger charge is 2.31. The van der Waals surface area contributed by atoms with Crippen molar-refractivity contribution in [1.29, 1.82) is 0 Å². The van der Waals surface area contributed by atoms with Gasteiger partial charge in [-0.05, 0) is 29.7 Å². The maximum atomic E-state index is 11.0. The molecule has 0 saturated carbocycles. The van der Waals surface area contributed by atoms with Gasteiger partial charge in [0.25, 0.3) is 0 Å². The fourth-order valence-corrected chi connectivity index (χ4v) is 2.55. The molecule has 2 unspecified atom stereocenters. The molecule has 0 aliphatic carbocycles. The van der Waals surface area contributed by atoms with Gasteiger partial charge in [0.1, 0.15) is 0 Å². The number of rotatable bonds is 4. The molecule has 1 aliphatic rings. The summed E-state index contributed by atoms with van der Waals surface area (Å²) < 4.78 is 5.15. The fraction of sp³-hybridized carbons (Fsp3) is 0.462. The van der Waals surface area contributed by atoms with Gasteiger partial charge < -0.3 is 15.2 Å². The van der Waals surface area contributed by atoms with Crippen LogP contribution in [0.25, 0.3) is 0 Å². The molecule has 1 fully saturated rings. The van der Waals surface area contributed by atoms with Crippen LogP contribution in [-0.2, 0) is 16.1 Å². The number of hydrogen-bond donors (Lipinski definition) is 2. The van der Waals surface area contributed by atoms with E-state index in [-0.39, 0.29) is 12.0 Å². The van der Waals surface area contributed by atoms with Gasteiger partial charge in [0.15, 0.2) is 0 Å². The van der Waals surface area contributed by atoms with Crippen LogP contribution in [0.3, 0.4) is 0 Å². The Bertz CT molecular complexity index is 450. The second-order valence-electron chi connectivity index (χ2n) is 4.51. The minimum absolute atomic E-state index is 0.0634. The predicted octanol–water partition coefficient (Wildman–Crippen LogP) is 2.22. The van der Waals surface area contributed by atoms with E-state index in [2.05, 4.69) is 5.32 Å². The largest absolute Gasteiger partial charge is 0.481 e. The smallest absolute Gasteiger partial charge is 0.307 e. The molecule has 2 N–H and O–H groups in total. The molecule has 0 amide bonds. The third-order valence-electron chi connectivity index (χ3n) is 3.26. The number of ether oxygens (including phenoxy) is 1. The first-order valence-electron chi connectivity index (χ1n) is 5.85. The SMILES string of the molecule is COCc1cc(Cl)ccc1C1CC(C(=O)O)CN1. The summed E-state index contributed by atoms with van der Waals surface area (Å²) in [5.41, 5.74) is 2.08. The first kappa shape index (κ1) is 13.3. The standard InChI is InChI=1S/C13H16ClNO3/c1-18-7-9-4-10(14)2-3-11(9)12-5-8(6-15-12)13(16)17/h2-4,8,12,15H,5-7H2,1H3,(H,16,17). The number of carboxylic acids is 1. The van der Waals surface area contributed by atoms with Gasteiger partial charge in [-0.15, -0.1) is 0 Å². The predicted molar refractivity (Wildman–Crippen MR) is 68.7 cm³/mol. The van der Waals surface area contributed by atoms with E-state index in [1.807, 2.05) is 18.2 Å². The van der Waals surface area contributed by atoms with Gasteiger partial charge in [-0.3, -0.25) is 4.79 Å². The number of benzene rings is 1. The van der Waals surface area contributed by atoms with E-state index in [9.17, 15) is 4.79 Å². The topological polar surface area (TPSA) is 58.6 Å². The van der Waals surface area contributed by atoms with Crippen LogP contribution in [0.15, 0.2) is 18.2 Å². The molecule has 1 aromatic rings. The lowest BCUT2D eigenvalue weighted by Gasteiger charge is -2.16. The first-order chi connectivity index (χ1) is 8.61. The molecule has 0 aromatic heterocycles. The van der Waals surface area contributed by atoms with Crippen LogP contribution < -0.4 is 5.32 Å². The zero-order chi connectivity index (χ0) is 13.1. The molecule has 2 atom stereocenters. The average Bonchev–Trinajstić information content (AvgIpc) is 2.79. The minimum Gasteiger partial charge on any atom is -0.481 e. The maximum absolute atomic E-state index is 11.0. The molecule has 18 heavy (non-hydrogen) atoms. The van der Waals surface area contributed by atoms with Gasteiger partial charge in [0.05, 0.1) is 12.5 Å². The Morgan fingerprint density at radius 2 is 2.39 bits per heavy atom. The van der Waals surface area contributed by atoms with Crippen molar-refractivity contribution in [3.8, 4) is 0 Å². The molecule has 1 saturated heterocycles. The zero-order valence-corrected chi connectivity index (χ0v) is 10.9. The lowest BCUT2D eigenvalue weighted by atomic mass is 9.96. The Morgan fingerprint density at radius 3 is 3.00 bits per heavy atom. The van der Waals surface area contributed by atoms with Crippen molar-refractivity contribution in [2.75, 3.05) is 13.7 Å². The van der Waals surface area contributed by atoms with Gasteiger partial charge in [-0.2, -0.15) is 0 Å². The van der Waals surface area contributed by atoms with Crippen LogP contribution in [0.1, 0.15) is 23.6 Å². The van der Waals surface area contributed by atoms with Gasteiger partial charge >= 0.3 is 5.97 Å². The van der Waals surface area contributed by atoms with Crippen LogP contribution in [0.2, 0.25) is 5.02 Å². The fourth-order valence-electron chi connectivity index (χ4n) is 2.36. The molecular weight excluding hydrogens is 254 g/mol. The van der Waals surface area contributed by atoms with Crippen molar-refractivity contribution in [1.82, 2.24) is 5.32 Å². The molecule has 2 rings (SSSR count). The summed E-state index contributed by atoms with van der Waals surface area (Å²) in [5.74, 6) is -1.06. The number of hydrogen-bond acceptors (Lipinski definition) is 3. The normalized spacial score (nSPS) is 23.2.